The fourth-order valence-electron chi connectivity index (χ4n) is 2.12. The third-order valence-electron chi connectivity index (χ3n) is 3.51. The molecular formula is C13H26ClN3O2. The van der Waals surface area contributed by atoms with Crippen LogP contribution >= 0.6 is 12.4 Å². The van der Waals surface area contributed by atoms with Gasteiger partial charge in [-0.3, -0.25) is 9.59 Å². The summed E-state index contributed by atoms with van der Waals surface area (Å²) in [7, 11) is 0. The molecule has 1 atom stereocenters. The average Bonchev–Trinajstić information content (AvgIpc) is 3.13. The molecule has 1 aliphatic rings. The number of hydrogen-bond acceptors (Lipinski definition) is 3. The van der Waals surface area contributed by atoms with Crippen molar-refractivity contribution in [1.82, 2.24) is 10.6 Å². The molecule has 0 bridgehead atoms. The number of nitrogens with one attached hydrogen (secondary N) is 2. The molecule has 0 heterocycles. The van der Waals surface area contributed by atoms with E-state index in [-0.39, 0.29) is 29.8 Å². The normalized spacial score (nSPS) is 17.0. The van der Waals surface area contributed by atoms with Crippen LogP contribution in [0.15, 0.2) is 0 Å². The molecule has 1 fully saturated rings. The van der Waals surface area contributed by atoms with Crippen molar-refractivity contribution >= 4 is 24.2 Å². The fourth-order valence-corrected chi connectivity index (χ4v) is 2.12. The lowest BCUT2D eigenvalue weighted by Gasteiger charge is -2.29. The van der Waals surface area contributed by atoms with E-state index in [9.17, 15) is 9.59 Å². The zero-order chi connectivity index (χ0) is 13.6. The zero-order valence-corrected chi connectivity index (χ0v) is 12.6. The van der Waals surface area contributed by atoms with Gasteiger partial charge in [-0.25, -0.2) is 0 Å². The van der Waals surface area contributed by atoms with E-state index in [2.05, 4.69) is 10.6 Å². The first-order valence-electron chi connectivity index (χ1n) is 6.79. The topological polar surface area (TPSA) is 84.2 Å². The molecule has 1 rings (SSSR count). The Morgan fingerprint density at radius 1 is 1.26 bits per heavy atom. The monoisotopic (exact) mass is 291 g/mol. The number of hydrogen-bond donors (Lipinski definition) is 3. The molecule has 0 saturated heterocycles. The van der Waals surface area contributed by atoms with E-state index in [0.717, 1.165) is 12.8 Å². The van der Waals surface area contributed by atoms with E-state index in [0.29, 0.717) is 38.3 Å². The number of rotatable bonds is 8. The third-order valence-corrected chi connectivity index (χ3v) is 3.51. The molecule has 0 aromatic heterocycles. The van der Waals surface area contributed by atoms with E-state index in [1.165, 1.54) is 0 Å². The van der Waals surface area contributed by atoms with Crippen molar-refractivity contribution in [2.24, 2.45) is 11.7 Å². The summed E-state index contributed by atoms with van der Waals surface area (Å²) in [5.41, 5.74) is 5.47. The van der Waals surface area contributed by atoms with Gasteiger partial charge in [-0.05, 0) is 39.0 Å². The fraction of sp³-hybridized carbons (Fsp3) is 0.846. The molecule has 0 aliphatic heterocycles. The van der Waals surface area contributed by atoms with E-state index in [1.807, 2.05) is 13.8 Å². The van der Waals surface area contributed by atoms with Gasteiger partial charge in [-0.1, -0.05) is 0 Å². The van der Waals surface area contributed by atoms with Crippen molar-refractivity contribution in [3.8, 4) is 0 Å². The minimum atomic E-state index is -0.261. The lowest BCUT2D eigenvalue weighted by molar-refractivity contribution is -0.123. The minimum absolute atomic E-state index is 0. The molecule has 1 saturated carbocycles. The van der Waals surface area contributed by atoms with Crippen LogP contribution in [-0.2, 0) is 9.59 Å². The molecular weight excluding hydrogens is 266 g/mol. The maximum atomic E-state index is 11.8. The van der Waals surface area contributed by atoms with Crippen molar-refractivity contribution < 1.29 is 9.59 Å². The first kappa shape index (κ1) is 18.2. The molecule has 0 aromatic carbocycles. The molecule has 19 heavy (non-hydrogen) atoms. The van der Waals surface area contributed by atoms with Gasteiger partial charge in [0.25, 0.3) is 0 Å². The van der Waals surface area contributed by atoms with Crippen LogP contribution in [0.3, 0.4) is 0 Å². The summed E-state index contributed by atoms with van der Waals surface area (Å²) < 4.78 is 0. The summed E-state index contributed by atoms with van der Waals surface area (Å²) in [6.45, 7) is 5.00. The molecule has 112 valence electrons. The van der Waals surface area contributed by atoms with Gasteiger partial charge in [0.15, 0.2) is 0 Å². The van der Waals surface area contributed by atoms with Gasteiger partial charge < -0.3 is 16.4 Å². The van der Waals surface area contributed by atoms with Crippen molar-refractivity contribution in [2.45, 2.75) is 51.5 Å². The van der Waals surface area contributed by atoms with Crippen LogP contribution in [0.5, 0.6) is 0 Å². The van der Waals surface area contributed by atoms with Crippen molar-refractivity contribution in [2.75, 3.05) is 13.1 Å². The Labute approximate surface area is 121 Å². The largest absolute Gasteiger partial charge is 0.356 e. The molecule has 0 spiro atoms. The van der Waals surface area contributed by atoms with Crippen LogP contribution in [0.25, 0.3) is 0 Å². The lowest BCUT2D eigenvalue weighted by Crippen LogP contribution is -2.53. The van der Waals surface area contributed by atoms with Gasteiger partial charge in [-0.2, -0.15) is 0 Å². The van der Waals surface area contributed by atoms with Gasteiger partial charge in [0, 0.05) is 25.9 Å². The van der Waals surface area contributed by atoms with E-state index in [4.69, 9.17) is 5.73 Å². The summed E-state index contributed by atoms with van der Waals surface area (Å²) in [6.07, 6.45) is 3.67. The molecule has 6 heteroatoms. The smallest absolute Gasteiger partial charge is 0.220 e. The maximum Gasteiger partial charge on any atom is 0.220 e. The van der Waals surface area contributed by atoms with Gasteiger partial charge in [0.05, 0.1) is 5.54 Å². The Hall–Kier alpha value is -0.810. The summed E-state index contributed by atoms with van der Waals surface area (Å²) in [6, 6.07) is 0. The number of halogens is 1. The Bertz CT molecular complexity index is 308. The summed E-state index contributed by atoms with van der Waals surface area (Å²) in [5.74, 6) is 0.531. The van der Waals surface area contributed by atoms with Crippen LogP contribution < -0.4 is 16.4 Å². The predicted molar refractivity (Wildman–Crippen MR) is 78.1 cm³/mol. The van der Waals surface area contributed by atoms with Gasteiger partial charge in [0.2, 0.25) is 11.8 Å². The van der Waals surface area contributed by atoms with E-state index in [1.54, 1.807) is 0 Å². The quantitative estimate of drug-likeness (QED) is 0.623. The second kappa shape index (κ2) is 8.38. The number of carbonyl (C=O) groups excluding carboxylic acids is 2. The van der Waals surface area contributed by atoms with Gasteiger partial charge in [0.1, 0.15) is 0 Å². The lowest BCUT2D eigenvalue weighted by atomic mass is 9.95. The Morgan fingerprint density at radius 2 is 1.84 bits per heavy atom. The van der Waals surface area contributed by atoms with Crippen LogP contribution in [0.4, 0.5) is 0 Å². The Morgan fingerprint density at radius 3 is 2.32 bits per heavy atom. The zero-order valence-electron chi connectivity index (χ0n) is 11.8. The van der Waals surface area contributed by atoms with Gasteiger partial charge in [-0.15, -0.1) is 12.4 Å². The minimum Gasteiger partial charge on any atom is -0.356 e. The summed E-state index contributed by atoms with van der Waals surface area (Å²) in [5, 5.41) is 5.73. The molecule has 1 aliphatic carbocycles. The Kier molecular flexibility index (Phi) is 8.02. The van der Waals surface area contributed by atoms with Crippen LogP contribution in [0.1, 0.15) is 46.0 Å². The first-order chi connectivity index (χ1) is 8.51. The molecule has 0 radical (unpaired) electrons. The van der Waals surface area contributed by atoms with Crippen molar-refractivity contribution in [1.29, 1.82) is 0 Å². The second-order valence-corrected chi connectivity index (χ2v) is 5.25. The van der Waals surface area contributed by atoms with Crippen LogP contribution in [0, 0.1) is 5.92 Å². The Balaban J connectivity index is 0.00000324. The van der Waals surface area contributed by atoms with Crippen LogP contribution in [-0.4, -0.2) is 30.4 Å². The molecule has 4 N–H and O–H groups in total. The number of nitrogens with two attached hydrogens (primary N) is 1. The highest BCUT2D eigenvalue weighted by Gasteiger charge is 2.41. The molecule has 0 aromatic rings. The maximum absolute atomic E-state index is 11.8. The predicted octanol–water partition coefficient (Wildman–Crippen LogP) is 0.958. The third kappa shape index (κ3) is 6.25. The first-order valence-corrected chi connectivity index (χ1v) is 6.79. The van der Waals surface area contributed by atoms with Crippen molar-refractivity contribution in [3.63, 3.8) is 0 Å². The molecule has 5 nitrogen and oxygen atoms in total. The van der Waals surface area contributed by atoms with Crippen LogP contribution in [0.2, 0.25) is 0 Å². The summed E-state index contributed by atoms with van der Waals surface area (Å²) in [4.78, 5) is 23.0. The van der Waals surface area contributed by atoms with Gasteiger partial charge >= 0.3 is 0 Å². The van der Waals surface area contributed by atoms with Crippen molar-refractivity contribution in [3.05, 3.63) is 0 Å². The summed E-state index contributed by atoms with van der Waals surface area (Å²) >= 11 is 0. The highest BCUT2D eigenvalue weighted by atomic mass is 35.5. The number of amides is 2. The van der Waals surface area contributed by atoms with E-state index >= 15 is 0 Å². The highest BCUT2D eigenvalue weighted by molar-refractivity contribution is 5.85. The number of carbonyl (C=O) groups is 2. The SMILES string of the molecule is CCNC(=O)CCCC(=O)NC(C)(CN)C1CC1.Cl. The standard InChI is InChI=1S/C13H25N3O2.ClH/c1-3-15-11(17)5-4-6-12(18)16-13(2,9-14)10-7-8-10;/h10H,3-9,14H2,1-2H3,(H,15,17)(H,16,18);1H. The van der Waals surface area contributed by atoms with E-state index < -0.39 is 0 Å². The molecule has 1 unspecified atom stereocenters. The second-order valence-electron chi connectivity index (χ2n) is 5.25. The average molecular weight is 292 g/mol. The highest BCUT2D eigenvalue weighted by Crippen LogP contribution is 2.38. The molecule has 2 amide bonds.